The van der Waals surface area contributed by atoms with Crippen LogP contribution < -0.4 is 0 Å². The van der Waals surface area contributed by atoms with Crippen LogP contribution in [0.25, 0.3) is 0 Å². The molecular weight excluding hydrogens is 348 g/mol. The van der Waals surface area contributed by atoms with Crippen LogP contribution in [0, 0.1) is 0 Å². The van der Waals surface area contributed by atoms with Crippen molar-refractivity contribution >= 4 is 0 Å². The second-order valence-corrected chi connectivity index (χ2v) is 7.34. The third-order valence-corrected chi connectivity index (χ3v) is 5.02. The van der Waals surface area contributed by atoms with E-state index in [4.69, 9.17) is 9.47 Å². The number of halogens is 2. The molecule has 2 aromatic rings. The van der Waals surface area contributed by atoms with Gasteiger partial charge in [-0.05, 0) is 18.1 Å². The molecule has 0 aliphatic carbocycles. The number of alkyl halides is 2. The van der Waals surface area contributed by atoms with Gasteiger partial charge in [-0.1, -0.05) is 60.7 Å². The quantitative estimate of drug-likeness (QED) is 0.634. The van der Waals surface area contributed by atoms with Crippen molar-refractivity contribution in [2.75, 3.05) is 19.8 Å². The Morgan fingerprint density at radius 3 is 2.33 bits per heavy atom. The maximum Gasteiger partial charge on any atom is 0.256 e. The first kappa shape index (κ1) is 19.9. The molecule has 1 aliphatic rings. The van der Waals surface area contributed by atoms with Crippen LogP contribution in [0.3, 0.4) is 0 Å². The zero-order chi connectivity index (χ0) is 19.1. The van der Waals surface area contributed by atoms with Crippen molar-refractivity contribution in [3.05, 3.63) is 71.8 Å². The fourth-order valence-electron chi connectivity index (χ4n) is 3.41. The molecule has 3 rings (SSSR count). The summed E-state index contributed by atoms with van der Waals surface area (Å²) in [5, 5.41) is 0. The first-order valence-corrected chi connectivity index (χ1v) is 9.37. The highest BCUT2D eigenvalue weighted by atomic mass is 19.3. The molecule has 5 heteroatoms. The van der Waals surface area contributed by atoms with Gasteiger partial charge in [0, 0.05) is 26.1 Å². The Morgan fingerprint density at radius 1 is 1.07 bits per heavy atom. The van der Waals surface area contributed by atoms with Crippen LogP contribution in [-0.2, 0) is 22.6 Å². The molecule has 1 aliphatic heterocycles. The van der Waals surface area contributed by atoms with Gasteiger partial charge in [-0.2, -0.15) is 0 Å². The number of benzene rings is 2. The van der Waals surface area contributed by atoms with E-state index < -0.39 is 18.1 Å². The highest BCUT2D eigenvalue weighted by Crippen LogP contribution is 2.28. The smallest absolute Gasteiger partial charge is 0.256 e. The molecule has 3 nitrogen and oxygen atoms in total. The lowest BCUT2D eigenvalue weighted by molar-refractivity contribution is -0.163. The summed E-state index contributed by atoms with van der Waals surface area (Å²) in [5.41, 5.74) is 1.67. The summed E-state index contributed by atoms with van der Waals surface area (Å²) in [6.07, 6.45) is -1.76. The lowest BCUT2D eigenvalue weighted by atomic mass is 9.97. The molecule has 146 valence electrons. The molecule has 0 radical (unpaired) electrons. The number of rotatable bonds is 8. The number of nitrogens with zero attached hydrogens (tertiary/aromatic N) is 1. The molecule has 1 fully saturated rings. The highest BCUT2D eigenvalue weighted by molar-refractivity contribution is 5.15. The van der Waals surface area contributed by atoms with E-state index in [0.717, 1.165) is 11.1 Å². The molecule has 27 heavy (non-hydrogen) atoms. The fourth-order valence-corrected chi connectivity index (χ4v) is 3.41. The van der Waals surface area contributed by atoms with E-state index in [1.807, 2.05) is 72.5 Å². The third-order valence-electron chi connectivity index (χ3n) is 5.02. The van der Waals surface area contributed by atoms with E-state index in [0.29, 0.717) is 32.7 Å². The predicted molar refractivity (Wildman–Crippen MR) is 102 cm³/mol. The summed E-state index contributed by atoms with van der Waals surface area (Å²) < 4.78 is 38.6. The van der Waals surface area contributed by atoms with Gasteiger partial charge < -0.3 is 9.47 Å². The molecule has 0 aromatic heterocycles. The summed E-state index contributed by atoms with van der Waals surface area (Å²) in [4.78, 5) is 1.85. The second-order valence-electron chi connectivity index (χ2n) is 7.34. The Labute approximate surface area is 159 Å². The molecule has 1 saturated heterocycles. The van der Waals surface area contributed by atoms with E-state index >= 15 is 0 Å². The van der Waals surface area contributed by atoms with E-state index in [1.165, 1.54) is 0 Å². The SMILES string of the molecule is CC1(CCOCc2ccccc2)CN(Cc2ccccc2)C(C(F)F)CO1. The Balaban J connectivity index is 1.55. The van der Waals surface area contributed by atoms with Crippen LogP contribution in [0.2, 0.25) is 0 Å². The number of hydrogen-bond acceptors (Lipinski definition) is 3. The third kappa shape index (κ3) is 5.83. The van der Waals surface area contributed by atoms with E-state index in [9.17, 15) is 8.78 Å². The van der Waals surface area contributed by atoms with Crippen molar-refractivity contribution in [1.82, 2.24) is 4.90 Å². The summed E-state index contributed by atoms with van der Waals surface area (Å²) in [6.45, 7) is 4.07. The molecule has 0 saturated carbocycles. The summed E-state index contributed by atoms with van der Waals surface area (Å²) in [7, 11) is 0. The molecule has 1 heterocycles. The normalized spacial score (nSPS) is 23.6. The topological polar surface area (TPSA) is 21.7 Å². The van der Waals surface area contributed by atoms with Crippen LogP contribution in [0.4, 0.5) is 8.78 Å². The molecule has 0 amide bonds. The van der Waals surface area contributed by atoms with Crippen LogP contribution in [0.5, 0.6) is 0 Å². The van der Waals surface area contributed by atoms with Crippen LogP contribution in [0.15, 0.2) is 60.7 Å². The van der Waals surface area contributed by atoms with Gasteiger partial charge in [0.25, 0.3) is 6.43 Å². The minimum Gasteiger partial charge on any atom is -0.377 e. The Hall–Kier alpha value is -1.82. The molecular formula is C22H27F2NO2. The monoisotopic (exact) mass is 375 g/mol. The maximum absolute atomic E-state index is 13.5. The van der Waals surface area contributed by atoms with Gasteiger partial charge in [-0.3, -0.25) is 4.90 Å². The lowest BCUT2D eigenvalue weighted by Crippen LogP contribution is -2.57. The van der Waals surface area contributed by atoms with E-state index in [-0.39, 0.29) is 6.61 Å². The Kier molecular flexibility index (Phi) is 6.94. The molecule has 2 unspecified atom stereocenters. The van der Waals surface area contributed by atoms with Crippen LogP contribution in [-0.4, -0.2) is 42.7 Å². The predicted octanol–water partition coefficient (Wildman–Crippen LogP) is 4.52. The van der Waals surface area contributed by atoms with Gasteiger partial charge in [0.15, 0.2) is 0 Å². The van der Waals surface area contributed by atoms with Gasteiger partial charge in [-0.15, -0.1) is 0 Å². The first-order valence-electron chi connectivity index (χ1n) is 9.37. The fraction of sp³-hybridized carbons (Fsp3) is 0.455. The number of hydrogen-bond donors (Lipinski definition) is 0. The average Bonchev–Trinajstić information content (AvgIpc) is 2.67. The van der Waals surface area contributed by atoms with Gasteiger partial charge in [0.05, 0.1) is 24.9 Å². The second kappa shape index (κ2) is 9.40. The van der Waals surface area contributed by atoms with Crippen molar-refractivity contribution in [3.8, 4) is 0 Å². The van der Waals surface area contributed by atoms with E-state index in [1.54, 1.807) is 0 Å². The maximum atomic E-state index is 13.5. The van der Waals surface area contributed by atoms with Crippen molar-refractivity contribution in [3.63, 3.8) is 0 Å². The Morgan fingerprint density at radius 2 is 1.70 bits per heavy atom. The van der Waals surface area contributed by atoms with Gasteiger partial charge in [0.2, 0.25) is 0 Å². The zero-order valence-corrected chi connectivity index (χ0v) is 15.7. The molecule has 0 spiro atoms. The van der Waals surface area contributed by atoms with Gasteiger partial charge in [0.1, 0.15) is 0 Å². The lowest BCUT2D eigenvalue weighted by Gasteiger charge is -2.45. The van der Waals surface area contributed by atoms with Crippen molar-refractivity contribution < 1.29 is 18.3 Å². The first-order chi connectivity index (χ1) is 13.1. The number of ether oxygens (including phenoxy) is 2. The minimum atomic E-state index is -2.42. The van der Waals surface area contributed by atoms with Crippen molar-refractivity contribution in [2.45, 2.75) is 44.6 Å². The molecule has 2 aromatic carbocycles. The number of morpholine rings is 1. The van der Waals surface area contributed by atoms with E-state index in [2.05, 4.69) is 0 Å². The minimum absolute atomic E-state index is 0.0414. The van der Waals surface area contributed by atoms with Gasteiger partial charge in [-0.25, -0.2) is 8.78 Å². The van der Waals surface area contributed by atoms with Crippen LogP contribution >= 0.6 is 0 Å². The largest absolute Gasteiger partial charge is 0.377 e. The summed E-state index contributed by atoms with van der Waals surface area (Å²) in [5.74, 6) is 0. The summed E-state index contributed by atoms with van der Waals surface area (Å²) >= 11 is 0. The van der Waals surface area contributed by atoms with Crippen molar-refractivity contribution in [1.29, 1.82) is 0 Å². The molecule has 2 atom stereocenters. The van der Waals surface area contributed by atoms with Crippen molar-refractivity contribution in [2.24, 2.45) is 0 Å². The van der Waals surface area contributed by atoms with Crippen LogP contribution in [0.1, 0.15) is 24.5 Å². The zero-order valence-electron chi connectivity index (χ0n) is 15.7. The molecule has 0 N–H and O–H groups in total. The Bertz CT molecular complexity index is 683. The standard InChI is InChI=1S/C22H27F2NO2/c1-22(12-13-26-15-19-10-6-3-7-11-19)17-25(20(16-27-22)21(23)24)14-18-8-4-2-5-9-18/h2-11,20-21H,12-17H2,1H3. The molecule has 0 bridgehead atoms. The average molecular weight is 375 g/mol. The summed E-state index contributed by atoms with van der Waals surface area (Å²) in [6, 6.07) is 18.9. The highest BCUT2D eigenvalue weighted by Gasteiger charge is 2.40. The van der Waals surface area contributed by atoms with Gasteiger partial charge >= 0.3 is 0 Å².